The normalized spacial score (nSPS) is 25.3. The molecular formula is C22H24FN5O3S. The fraction of sp³-hybridized carbons (Fsp3) is 0.500. The molecule has 0 radical (unpaired) electrons. The molecule has 1 N–H and O–H groups in total. The molecule has 2 aromatic rings. The maximum atomic E-state index is 14.3. The summed E-state index contributed by atoms with van der Waals surface area (Å²) in [5.41, 5.74) is 1.08. The van der Waals surface area contributed by atoms with Crippen LogP contribution in [-0.2, 0) is 10.0 Å². The number of ether oxygens (including phenoxy) is 1. The van der Waals surface area contributed by atoms with Gasteiger partial charge in [0.1, 0.15) is 24.1 Å². The molecule has 2 bridgehead atoms. The number of sulfonamides is 1. The Kier molecular flexibility index (Phi) is 5.26. The van der Waals surface area contributed by atoms with Gasteiger partial charge in [0.05, 0.1) is 28.1 Å². The summed E-state index contributed by atoms with van der Waals surface area (Å²) in [6.07, 6.45) is 5.77. The molecule has 8 nitrogen and oxygen atoms in total. The van der Waals surface area contributed by atoms with E-state index >= 15 is 0 Å². The Labute approximate surface area is 186 Å². The van der Waals surface area contributed by atoms with Gasteiger partial charge >= 0.3 is 0 Å². The van der Waals surface area contributed by atoms with E-state index in [9.17, 15) is 12.8 Å². The maximum absolute atomic E-state index is 14.3. The average Bonchev–Trinajstić information content (AvgIpc) is 3.58. The minimum atomic E-state index is -3.19. The number of benzene rings is 1. The van der Waals surface area contributed by atoms with E-state index in [0.29, 0.717) is 30.1 Å². The standard InChI is InChI=1S/C22H24FN5O3S/c1-13-21(27-20-7-2-14(11-24)8-19(20)23)25-12-26-22(13)31-17-9-15-3-4-16(10-17)28(15)32(29,30)18-5-6-18/h2,7-8,12,15-18H,3-6,9-10H2,1H3,(H,25,26,27)/t15-,16-/m0/s1. The van der Waals surface area contributed by atoms with Crippen LogP contribution >= 0.6 is 0 Å². The minimum Gasteiger partial charge on any atom is -0.474 e. The van der Waals surface area contributed by atoms with Crippen LogP contribution in [0.25, 0.3) is 0 Å². The van der Waals surface area contributed by atoms with E-state index in [1.54, 1.807) is 11.2 Å². The number of fused-ring (bicyclic) bond motifs is 2. The summed E-state index contributed by atoms with van der Waals surface area (Å²) in [7, 11) is -3.19. The third-order valence-electron chi connectivity index (χ3n) is 6.53. The summed E-state index contributed by atoms with van der Waals surface area (Å²) in [6.45, 7) is 1.79. The molecule has 3 heterocycles. The number of nitrogens with zero attached hydrogens (tertiary/aromatic N) is 4. The van der Waals surface area contributed by atoms with Crippen LogP contribution in [0, 0.1) is 24.1 Å². The molecule has 1 aromatic heterocycles. The monoisotopic (exact) mass is 457 g/mol. The first-order chi connectivity index (χ1) is 15.4. The van der Waals surface area contributed by atoms with Crippen LogP contribution in [0.3, 0.4) is 0 Å². The first kappa shape index (κ1) is 21.1. The van der Waals surface area contributed by atoms with Crippen molar-refractivity contribution < 1.29 is 17.5 Å². The Morgan fingerprint density at radius 1 is 1.19 bits per heavy atom. The summed E-state index contributed by atoms with van der Waals surface area (Å²) in [5, 5.41) is 11.7. The first-order valence-electron chi connectivity index (χ1n) is 10.8. The number of piperidine rings is 1. The second-order valence-electron chi connectivity index (χ2n) is 8.75. The molecule has 3 aliphatic rings. The van der Waals surface area contributed by atoms with Crippen LogP contribution in [0.5, 0.6) is 5.88 Å². The van der Waals surface area contributed by atoms with Crippen molar-refractivity contribution in [2.24, 2.45) is 0 Å². The molecule has 1 aliphatic carbocycles. The predicted molar refractivity (Wildman–Crippen MR) is 115 cm³/mol. The Bertz CT molecular complexity index is 1180. The highest BCUT2D eigenvalue weighted by Crippen LogP contribution is 2.43. The van der Waals surface area contributed by atoms with E-state index in [0.717, 1.165) is 31.7 Å². The second kappa shape index (κ2) is 7.98. The van der Waals surface area contributed by atoms with Crippen molar-refractivity contribution in [3.05, 3.63) is 41.5 Å². The van der Waals surface area contributed by atoms with Gasteiger partial charge in [-0.15, -0.1) is 0 Å². The van der Waals surface area contributed by atoms with Crippen LogP contribution in [-0.4, -0.2) is 46.1 Å². The lowest BCUT2D eigenvalue weighted by atomic mass is 10.0. The topological polar surface area (TPSA) is 108 Å². The van der Waals surface area contributed by atoms with Gasteiger partial charge in [0.2, 0.25) is 15.9 Å². The van der Waals surface area contributed by atoms with Gasteiger partial charge in [-0.3, -0.25) is 0 Å². The number of halogens is 1. The maximum Gasteiger partial charge on any atom is 0.221 e. The van der Waals surface area contributed by atoms with Gasteiger partial charge in [-0.25, -0.2) is 22.8 Å². The van der Waals surface area contributed by atoms with Gasteiger partial charge in [-0.2, -0.15) is 9.57 Å². The summed E-state index contributed by atoms with van der Waals surface area (Å²) < 4.78 is 47.9. The third-order valence-corrected chi connectivity index (χ3v) is 9.03. The lowest BCUT2D eigenvalue weighted by Gasteiger charge is -2.37. The molecular weight excluding hydrogens is 433 g/mol. The van der Waals surface area contributed by atoms with Crippen molar-refractivity contribution in [3.63, 3.8) is 0 Å². The Morgan fingerprint density at radius 3 is 2.53 bits per heavy atom. The van der Waals surface area contributed by atoms with Crippen molar-refractivity contribution in [2.75, 3.05) is 5.32 Å². The molecule has 0 unspecified atom stereocenters. The molecule has 2 aliphatic heterocycles. The largest absolute Gasteiger partial charge is 0.474 e. The quantitative estimate of drug-likeness (QED) is 0.708. The van der Waals surface area contributed by atoms with E-state index < -0.39 is 15.8 Å². The molecule has 0 spiro atoms. The number of hydrogen-bond acceptors (Lipinski definition) is 7. The SMILES string of the molecule is Cc1c(Nc2ccc(C#N)cc2F)ncnc1OC1C[C@@H]2CC[C@@H](C1)N2S(=O)(=O)C1CC1. The number of nitrogens with one attached hydrogen (secondary N) is 1. The fourth-order valence-corrected chi connectivity index (χ4v) is 7.07. The predicted octanol–water partition coefficient (Wildman–Crippen LogP) is 3.41. The molecule has 5 rings (SSSR count). The summed E-state index contributed by atoms with van der Waals surface area (Å²) in [4.78, 5) is 8.46. The van der Waals surface area contributed by atoms with Gasteiger partial charge < -0.3 is 10.1 Å². The summed E-state index contributed by atoms with van der Waals surface area (Å²) in [5.74, 6) is 0.264. The van der Waals surface area contributed by atoms with Crippen molar-refractivity contribution in [1.82, 2.24) is 14.3 Å². The third kappa shape index (κ3) is 3.80. The zero-order valence-corrected chi connectivity index (χ0v) is 18.5. The lowest BCUT2D eigenvalue weighted by molar-refractivity contribution is 0.0910. The highest BCUT2D eigenvalue weighted by Gasteiger charge is 2.52. The van der Waals surface area contributed by atoms with Gasteiger partial charge in [-0.1, -0.05) is 0 Å². The van der Waals surface area contributed by atoms with Crippen LogP contribution in [0.2, 0.25) is 0 Å². The molecule has 32 heavy (non-hydrogen) atoms. The van der Waals surface area contributed by atoms with Crippen molar-refractivity contribution in [1.29, 1.82) is 5.26 Å². The van der Waals surface area contributed by atoms with E-state index in [-0.39, 0.29) is 34.7 Å². The zero-order valence-electron chi connectivity index (χ0n) is 17.7. The molecule has 10 heteroatoms. The molecule has 168 valence electrons. The van der Waals surface area contributed by atoms with Crippen LogP contribution < -0.4 is 10.1 Å². The van der Waals surface area contributed by atoms with Crippen LogP contribution in [0.4, 0.5) is 15.9 Å². The van der Waals surface area contributed by atoms with E-state index in [1.807, 2.05) is 6.07 Å². The number of aromatic nitrogens is 2. The van der Waals surface area contributed by atoms with Crippen molar-refractivity contribution in [3.8, 4) is 11.9 Å². The zero-order chi connectivity index (χ0) is 22.5. The van der Waals surface area contributed by atoms with Crippen molar-refractivity contribution >= 4 is 21.5 Å². The van der Waals surface area contributed by atoms with E-state index in [4.69, 9.17) is 10.00 Å². The summed E-state index contributed by atoms with van der Waals surface area (Å²) >= 11 is 0. The van der Waals surface area contributed by atoms with Gasteiger partial charge in [0.15, 0.2) is 0 Å². The molecule has 2 atom stereocenters. The number of anilines is 2. The highest BCUT2D eigenvalue weighted by atomic mass is 32.2. The molecule has 0 amide bonds. The molecule has 1 saturated carbocycles. The van der Waals surface area contributed by atoms with Gasteiger partial charge in [-0.05, 0) is 50.8 Å². The fourth-order valence-electron chi connectivity index (χ4n) is 4.78. The molecule has 3 fully saturated rings. The Balaban J connectivity index is 1.30. The Morgan fingerprint density at radius 2 is 1.91 bits per heavy atom. The van der Waals surface area contributed by atoms with Gasteiger partial charge in [0, 0.05) is 24.9 Å². The first-order valence-corrected chi connectivity index (χ1v) is 12.3. The van der Waals surface area contributed by atoms with E-state index in [1.165, 1.54) is 18.5 Å². The van der Waals surface area contributed by atoms with E-state index in [2.05, 4.69) is 15.3 Å². The highest BCUT2D eigenvalue weighted by molar-refractivity contribution is 7.90. The second-order valence-corrected chi connectivity index (χ2v) is 10.9. The molecule has 1 aromatic carbocycles. The summed E-state index contributed by atoms with van der Waals surface area (Å²) in [6, 6.07) is 6.05. The Hall–Kier alpha value is -2.77. The van der Waals surface area contributed by atoms with Crippen LogP contribution in [0.15, 0.2) is 24.5 Å². The minimum absolute atomic E-state index is 0.0168. The molecule has 2 saturated heterocycles. The van der Waals surface area contributed by atoms with Crippen molar-refractivity contribution in [2.45, 2.75) is 68.9 Å². The number of nitriles is 1. The smallest absolute Gasteiger partial charge is 0.221 e. The average molecular weight is 458 g/mol. The lowest BCUT2D eigenvalue weighted by Crippen LogP contribution is -2.50. The van der Waals surface area contributed by atoms with Crippen LogP contribution in [0.1, 0.15) is 49.7 Å². The number of hydrogen-bond donors (Lipinski definition) is 1. The van der Waals surface area contributed by atoms with Gasteiger partial charge in [0.25, 0.3) is 0 Å². The number of rotatable bonds is 6.